The van der Waals surface area contributed by atoms with Crippen molar-refractivity contribution in [3.05, 3.63) is 0 Å². The fourth-order valence-corrected chi connectivity index (χ4v) is 3.02. The molecule has 1 saturated carbocycles. The highest BCUT2D eigenvalue weighted by atomic mass is 19.4. The molecule has 5 nitrogen and oxygen atoms in total. The van der Waals surface area contributed by atoms with Gasteiger partial charge in [-0.2, -0.15) is 13.2 Å². The van der Waals surface area contributed by atoms with Crippen LogP contribution in [-0.4, -0.2) is 48.6 Å². The lowest BCUT2D eigenvalue weighted by Crippen LogP contribution is -2.47. The third-order valence-electron chi connectivity index (χ3n) is 3.87. The lowest BCUT2D eigenvalue weighted by atomic mass is 9.85. The molecule has 0 bridgehead atoms. The van der Waals surface area contributed by atoms with E-state index in [4.69, 9.17) is 5.73 Å². The molecule has 0 aromatic heterocycles. The second-order valence-corrected chi connectivity index (χ2v) is 6.70. The van der Waals surface area contributed by atoms with Crippen molar-refractivity contribution in [3.8, 4) is 0 Å². The zero-order valence-electron chi connectivity index (χ0n) is 13.7. The third kappa shape index (κ3) is 7.67. The standard InChI is InChI=1S/C15H26F3N3O2/c1-10(2)7-21(8-13(19)22)9-14(23)20-12-5-3-4-11(6-12)15(16,17)18/h10-12H,3-9H2,1-2H3,(H2,19,22)(H,20,23). The van der Waals surface area contributed by atoms with Crippen molar-refractivity contribution in [2.75, 3.05) is 19.6 Å². The number of primary amides is 1. The largest absolute Gasteiger partial charge is 0.391 e. The van der Waals surface area contributed by atoms with Crippen molar-refractivity contribution >= 4 is 11.8 Å². The number of hydrogen-bond acceptors (Lipinski definition) is 3. The number of hydrogen-bond donors (Lipinski definition) is 2. The lowest BCUT2D eigenvalue weighted by molar-refractivity contribution is -0.184. The maximum Gasteiger partial charge on any atom is 0.391 e. The van der Waals surface area contributed by atoms with E-state index in [1.165, 1.54) is 0 Å². The van der Waals surface area contributed by atoms with Gasteiger partial charge in [0, 0.05) is 12.6 Å². The summed E-state index contributed by atoms with van der Waals surface area (Å²) < 4.78 is 38.3. The number of nitrogens with two attached hydrogens (primary N) is 1. The lowest BCUT2D eigenvalue weighted by Gasteiger charge is -2.31. The molecule has 0 saturated heterocycles. The van der Waals surface area contributed by atoms with Crippen molar-refractivity contribution in [1.29, 1.82) is 0 Å². The average molecular weight is 337 g/mol. The molecule has 1 aliphatic carbocycles. The van der Waals surface area contributed by atoms with Crippen molar-refractivity contribution < 1.29 is 22.8 Å². The monoisotopic (exact) mass is 337 g/mol. The van der Waals surface area contributed by atoms with E-state index in [9.17, 15) is 22.8 Å². The summed E-state index contributed by atoms with van der Waals surface area (Å²) in [4.78, 5) is 24.7. The van der Waals surface area contributed by atoms with E-state index < -0.39 is 24.0 Å². The van der Waals surface area contributed by atoms with Crippen LogP contribution >= 0.6 is 0 Å². The second-order valence-electron chi connectivity index (χ2n) is 6.70. The summed E-state index contributed by atoms with van der Waals surface area (Å²) in [5.74, 6) is -2.00. The maximum atomic E-state index is 12.8. The molecule has 0 heterocycles. The van der Waals surface area contributed by atoms with Gasteiger partial charge in [-0.05, 0) is 25.2 Å². The molecular formula is C15H26F3N3O2. The van der Waals surface area contributed by atoms with Crippen LogP contribution < -0.4 is 11.1 Å². The number of carbonyl (C=O) groups excluding carboxylic acids is 2. The normalized spacial score (nSPS) is 22.4. The van der Waals surface area contributed by atoms with Crippen molar-refractivity contribution in [2.45, 2.75) is 51.7 Å². The smallest absolute Gasteiger partial charge is 0.369 e. The summed E-state index contributed by atoms with van der Waals surface area (Å²) in [6, 6.07) is -0.461. The molecule has 0 aromatic rings. The molecule has 8 heteroatoms. The number of alkyl halides is 3. The van der Waals surface area contributed by atoms with E-state index in [2.05, 4.69) is 5.32 Å². The predicted octanol–water partition coefficient (Wildman–Crippen LogP) is 1.67. The third-order valence-corrected chi connectivity index (χ3v) is 3.87. The van der Waals surface area contributed by atoms with Crippen LogP contribution in [-0.2, 0) is 9.59 Å². The van der Waals surface area contributed by atoms with Gasteiger partial charge in [0.2, 0.25) is 11.8 Å². The number of nitrogens with zero attached hydrogens (tertiary/aromatic N) is 1. The average Bonchev–Trinajstić information content (AvgIpc) is 2.35. The van der Waals surface area contributed by atoms with Gasteiger partial charge in [0.15, 0.2) is 0 Å². The summed E-state index contributed by atoms with van der Waals surface area (Å²) in [5, 5.41) is 2.67. The Morgan fingerprint density at radius 3 is 2.43 bits per heavy atom. The molecule has 0 aromatic carbocycles. The molecule has 0 radical (unpaired) electrons. The molecule has 1 rings (SSSR count). The highest BCUT2D eigenvalue weighted by Gasteiger charge is 2.42. The number of amides is 2. The quantitative estimate of drug-likeness (QED) is 0.742. The van der Waals surface area contributed by atoms with E-state index in [-0.39, 0.29) is 37.8 Å². The molecule has 134 valence electrons. The van der Waals surface area contributed by atoms with Crippen LogP contribution in [0, 0.1) is 11.8 Å². The molecule has 2 unspecified atom stereocenters. The Morgan fingerprint density at radius 2 is 1.91 bits per heavy atom. The Bertz CT molecular complexity index is 413. The van der Waals surface area contributed by atoms with Crippen LogP contribution in [0.2, 0.25) is 0 Å². The minimum absolute atomic E-state index is 0.0334. The Morgan fingerprint density at radius 1 is 1.26 bits per heavy atom. The molecule has 2 amide bonds. The van der Waals surface area contributed by atoms with E-state index in [1.807, 2.05) is 13.8 Å². The first-order valence-electron chi connectivity index (χ1n) is 7.94. The summed E-state index contributed by atoms with van der Waals surface area (Å²) in [6.07, 6.45) is -3.16. The molecule has 0 spiro atoms. The zero-order valence-corrected chi connectivity index (χ0v) is 13.7. The van der Waals surface area contributed by atoms with E-state index in [0.717, 1.165) is 0 Å². The van der Waals surface area contributed by atoms with Gasteiger partial charge in [-0.15, -0.1) is 0 Å². The van der Waals surface area contributed by atoms with Gasteiger partial charge in [-0.25, -0.2) is 0 Å². The molecule has 1 aliphatic rings. The number of halogens is 3. The Hall–Kier alpha value is -1.31. The first-order valence-corrected chi connectivity index (χ1v) is 7.94. The zero-order chi connectivity index (χ0) is 17.6. The fourth-order valence-electron chi connectivity index (χ4n) is 3.02. The first-order chi connectivity index (χ1) is 10.6. The van der Waals surface area contributed by atoms with Crippen molar-refractivity contribution in [1.82, 2.24) is 10.2 Å². The fraction of sp³-hybridized carbons (Fsp3) is 0.867. The van der Waals surface area contributed by atoms with Crippen LogP contribution in [0.3, 0.4) is 0 Å². The molecule has 3 N–H and O–H groups in total. The summed E-state index contributed by atoms with van der Waals surface area (Å²) in [7, 11) is 0. The Labute approximate surface area is 134 Å². The summed E-state index contributed by atoms with van der Waals surface area (Å²) in [6.45, 7) is 4.34. The van der Waals surface area contributed by atoms with Crippen molar-refractivity contribution in [3.63, 3.8) is 0 Å². The Balaban J connectivity index is 2.51. The maximum absolute atomic E-state index is 12.8. The van der Waals surface area contributed by atoms with Crippen LogP contribution in [0.4, 0.5) is 13.2 Å². The number of rotatable bonds is 7. The highest BCUT2D eigenvalue weighted by molar-refractivity contribution is 5.80. The van der Waals surface area contributed by atoms with Gasteiger partial charge in [0.25, 0.3) is 0 Å². The topological polar surface area (TPSA) is 75.4 Å². The molecule has 0 aliphatic heterocycles. The minimum atomic E-state index is -4.21. The number of carbonyl (C=O) groups is 2. The van der Waals surface area contributed by atoms with Gasteiger partial charge in [-0.1, -0.05) is 20.3 Å². The SMILES string of the molecule is CC(C)CN(CC(N)=O)CC(=O)NC1CCCC(C(F)(F)F)C1. The molecule has 1 fully saturated rings. The van der Waals surface area contributed by atoms with Crippen molar-refractivity contribution in [2.24, 2.45) is 17.6 Å². The van der Waals surface area contributed by atoms with Crippen LogP contribution in [0.25, 0.3) is 0 Å². The van der Waals surface area contributed by atoms with Gasteiger partial charge < -0.3 is 11.1 Å². The molecule has 23 heavy (non-hydrogen) atoms. The summed E-state index contributed by atoms with van der Waals surface area (Å²) in [5.41, 5.74) is 5.16. The van der Waals surface area contributed by atoms with Gasteiger partial charge in [0.05, 0.1) is 19.0 Å². The van der Waals surface area contributed by atoms with Crippen LogP contribution in [0.5, 0.6) is 0 Å². The van der Waals surface area contributed by atoms with Gasteiger partial charge in [0.1, 0.15) is 0 Å². The molecular weight excluding hydrogens is 311 g/mol. The van der Waals surface area contributed by atoms with E-state index >= 15 is 0 Å². The predicted molar refractivity (Wildman–Crippen MR) is 80.4 cm³/mol. The van der Waals surface area contributed by atoms with Gasteiger partial charge >= 0.3 is 6.18 Å². The van der Waals surface area contributed by atoms with E-state index in [1.54, 1.807) is 4.90 Å². The summed E-state index contributed by atoms with van der Waals surface area (Å²) >= 11 is 0. The van der Waals surface area contributed by atoms with Crippen LogP contribution in [0.1, 0.15) is 39.5 Å². The Kier molecular flexibility index (Phi) is 7.31. The van der Waals surface area contributed by atoms with Crippen LogP contribution in [0.15, 0.2) is 0 Å². The van der Waals surface area contributed by atoms with Gasteiger partial charge in [-0.3, -0.25) is 14.5 Å². The first kappa shape index (κ1) is 19.7. The van der Waals surface area contributed by atoms with E-state index in [0.29, 0.717) is 19.4 Å². The molecule has 2 atom stereocenters. The second kappa shape index (κ2) is 8.52. The number of nitrogens with one attached hydrogen (secondary N) is 1. The minimum Gasteiger partial charge on any atom is -0.369 e. The highest BCUT2D eigenvalue weighted by Crippen LogP contribution is 2.37.